The third-order valence-electron chi connectivity index (χ3n) is 4.80. The molecule has 1 aliphatic heterocycles. The van der Waals surface area contributed by atoms with Crippen molar-refractivity contribution < 1.29 is 14.3 Å². The molecule has 4 rings (SSSR count). The molecule has 0 aliphatic carbocycles. The highest BCUT2D eigenvalue weighted by Crippen LogP contribution is 2.33. The van der Waals surface area contributed by atoms with Crippen molar-refractivity contribution in [2.45, 2.75) is 20.3 Å². The van der Waals surface area contributed by atoms with Crippen LogP contribution in [0, 0.1) is 13.8 Å². The van der Waals surface area contributed by atoms with E-state index in [1.807, 2.05) is 36.6 Å². The van der Waals surface area contributed by atoms with Gasteiger partial charge >= 0.3 is 0 Å². The van der Waals surface area contributed by atoms with Crippen LogP contribution >= 0.6 is 0 Å². The zero-order valence-corrected chi connectivity index (χ0v) is 15.4. The molecule has 7 nitrogen and oxygen atoms in total. The molecule has 0 atom stereocenters. The van der Waals surface area contributed by atoms with E-state index in [0.29, 0.717) is 17.1 Å². The summed E-state index contributed by atoms with van der Waals surface area (Å²) in [5.74, 6) is 0.359. The highest BCUT2D eigenvalue weighted by atomic mass is 16.5. The second-order valence-electron chi connectivity index (χ2n) is 6.68. The zero-order chi connectivity index (χ0) is 19.1. The van der Waals surface area contributed by atoms with E-state index in [9.17, 15) is 9.59 Å². The van der Waals surface area contributed by atoms with Crippen molar-refractivity contribution in [3.05, 3.63) is 53.5 Å². The van der Waals surface area contributed by atoms with Crippen molar-refractivity contribution in [3.63, 3.8) is 0 Å². The van der Waals surface area contributed by atoms with E-state index >= 15 is 0 Å². The molecule has 0 bridgehead atoms. The molecule has 3 heterocycles. The minimum absolute atomic E-state index is 0.0299. The molecule has 0 radical (unpaired) electrons. The average Bonchev–Trinajstić information content (AvgIpc) is 2.96. The maximum atomic E-state index is 12.6. The van der Waals surface area contributed by atoms with Crippen LogP contribution in [0.5, 0.6) is 5.75 Å². The van der Waals surface area contributed by atoms with E-state index in [1.165, 1.54) is 4.90 Å². The molecular formula is C20H20N4O3. The fourth-order valence-corrected chi connectivity index (χ4v) is 3.29. The molecular weight excluding hydrogens is 344 g/mol. The minimum Gasteiger partial charge on any atom is -0.482 e. The predicted octanol–water partition coefficient (Wildman–Crippen LogP) is 2.49. The summed E-state index contributed by atoms with van der Waals surface area (Å²) >= 11 is 0. The number of nitrogens with one attached hydrogen (secondary N) is 1. The number of ether oxygens (including phenoxy) is 1. The van der Waals surface area contributed by atoms with Gasteiger partial charge in [-0.3, -0.25) is 9.59 Å². The number of hydrogen-bond acceptors (Lipinski definition) is 4. The number of imidazole rings is 1. The van der Waals surface area contributed by atoms with Gasteiger partial charge in [-0.25, -0.2) is 4.98 Å². The lowest BCUT2D eigenvalue weighted by molar-refractivity contribution is -0.121. The first-order valence-corrected chi connectivity index (χ1v) is 8.70. The highest BCUT2D eigenvalue weighted by Gasteiger charge is 2.22. The number of amides is 2. The van der Waals surface area contributed by atoms with Crippen LogP contribution < -0.4 is 15.0 Å². The molecule has 3 aromatic rings. The lowest BCUT2D eigenvalue weighted by atomic mass is 10.2. The van der Waals surface area contributed by atoms with Gasteiger partial charge in [-0.1, -0.05) is 6.07 Å². The number of benzene rings is 1. The minimum atomic E-state index is -0.146. The topological polar surface area (TPSA) is 75.9 Å². The molecule has 0 fully saturated rings. The number of aromatic nitrogens is 2. The monoisotopic (exact) mass is 364 g/mol. The quantitative estimate of drug-likeness (QED) is 0.775. The Labute approximate surface area is 156 Å². The van der Waals surface area contributed by atoms with E-state index in [2.05, 4.69) is 10.3 Å². The van der Waals surface area contributed by atoms with Crippen LogP contribution in [-0.2, 0) is 16.0 Å². The van der Waals surface area contributed by atoms with Crippen LogP contribution in [0.2, 0.25) is 0 Å². The number of fused-ring (bicyclic) bond motifs is 2. The maximum absolute atomic E-state index is 12.6. The second kappa shape index (κ2) is 6.42. The van der Waals surface area contributed by atoms with Gasteiger partial charge in [-0.15, -0.1) is 0 Å². The summed E-state index contributed by atoms with van der Waals surface area (Å²) in [6.07, 6.45) is 2.13. The van der Waals surface area contributed by atoms with Crippen molar-refractivity contribution in [1.82, 2.24) is 9.38 Å². The van der Waals surface area contributed by atoms with E-state index in [-0.39, 0.29) is 24.8 Å². The number of rotatable bonds is 3. The number of nitrogens with zero attached hydrogens (tertiary/aromatic N) is 3. The van der Waals surface area contributed by atoms with E-state index in [0.717, 1.165) is 22.6 Å². The first-order chi connectivity index (χ1) is 12.9. The molecule has 27 heavy (non-hydrogen) atoms. The molecule has 1 aliphatic rings. The Kier molecular flexibility index (Phi) is 4.07. The lowest BCUT2D eigenvalue weighted by Crippen LogP contribution is -2.35. The molecule has 0 spiro atoms. The summed E-state index contributed by atoms with van der Waals surface area (Å²) in [7, 11) is 1.69. The van der Waals surface area contributed by atoms with Crippen molar-refractivity contribution in [3.8, 4) is 5.75 Å². The van der Waals surface area contributed by atoms with Crippen molar-refractivity contribution in [1.29, 1.82) is 0 Å². The Morgan fingerprint density at radius 1 is 1.30 bits per heavy atom. The Bertz CT molecular complexity index is 1070. The first kappa shape index (κ1) is 17.1. The molecule has 0 saturated heterocycles. The van der Waals surface area contributed by atoms with Gasteiger partial charge in [0, 0.05) is 18.9 Å². The van der Waals surface area contributed by atoms with Gasteiger partial charge in [0.25, 0.3) is 5.91 Å². The van der Waals surface area contributed by atoms with Gasteiger partial charge in [0.05, 0.1) is 23.5 Å². The fourth-order valence-electron chi connectivity index (χ4n) is 3.29. The number of carbonyl (C=O) groups excluding carboxylic acids is 2. The summed E-state index contributed by atoms with van der Waals surface area (Å²) in [5, 5.41) is 2.90. The van der Waals surface area contributed by atoms with Gasteiger partial charge in [-0.2, -0.15) is 0 Å². The average molecular weight is 364 g/mol. The van der Waals surface area contributed by atoms with Crippen LogP contribution in [0.1, 0.15) is 17.0 Å². The number of likely N-dealkylation sites (N-methyl/N-ethyl adjacent to an activating group) is 1. The standard InChI is InChI=1S/C20H20N4O3/c1-12-5-4-8-24-15(13(2)21-20(12)24)10-18(25)22-14-6-7-17-16(9-14)23(3)19(26)11-27-17/h4-9H,10-11H2,1-3H3,(H,22,25). The molecule has 138 valence electrons. The largest absolute Gasteiger partial charge is 0.482 e. The van der Waals surface area contributed by atoms with Crippen molar-refractivity contribution in [2.75, 3.05) is 23.9 Å². The molecule has 2 amide bonds. The van der Waals surface area contributed by atoms with Crippen LogP contribution in [0.4, 0.5) is 11.4 Å². The van der Waals surface area contributed by atoms with Gasteiger partial charge in [-0.05, 0) is 43.7 Å². The Balaban J connectivity index is 1.57. The fraction of sp³-hybridized carbons (Fsp3) is 0.250. The summed E-state index contributed by atoms with van der Waals surface area (Å²) in [4.78, 5) is 30.5. The van der Waals surface area contributed by atoms with Gasteiger partial charge in [0.15, 0.2) is 6.61 Å². The Hall–Kier alpha value is -3.35. The third-order valence-corrected chi connectivity index (χ3v) is 4.80. The van der Waals surface area contributed by atoms with Gasteiger partial charge in [0.2, 0.25) is 5.91 Å². The number of anilines is 2. The zero-order valence-electron chi connectivity index (χ0n) is 15.4. The molecule has 0 saturated carbocycles. The van der Waals surface area contributed by atoms with Crippen LogP contribution in [0.25, 0.3) is 5.65 Å². The summed E-state index contributed by atoms with van der Waals surface area (Å²) in [6, 6.07) is 9.22. The highest BCUT2D eigenvalue weighted by molar-refractivity contribution is 5.99. The van der Waals surface area contributed by atoms with E-state index in [4.69, 9.17) is 4.74 Å². The maximum Gasteiger partial charge on any atom is 0.264 e. The SMILES string of the molecule is Cc1nc2c(C)cccn2c1CC(=O)Nc1ccc2c(c1)N(C)C(=O)CO2. The molecule has 2 aromatic heterocycles. The summed E-state index contributed by atoms with van der Waals surface area (Å²) < 4.78 is 7.37. The predicted molar refractivity (Wildman–Crippen MR) is 102 cm³/mol. The van der Waals surface area contributed by atoms with E-state index < -0.39 is 0 Å². The molecule has 1 aromatic carbocycles. The van der Waals surface area contributed by atoms with Crippen LogP contribution in [0.15, 0.2) is 36.5 Å². The summed E-state index contributed by atoms with van der Waals surface area (Å²) in [6.45, 7) is 3.94. The van der Waals surface area contributed by atoms with E-state index in [1.54, 1.807) is 25.2 Å². The number of carbonyl (C=O) groups is 2. The summed E-state index contributed by atoms with van der Waals surface area (Å²) in [5.41, 5.74) is 4.89. The second-order valence-corrected chi connectivity index (χ2v) is 6.68. The molecule has 1 N–H and O–H groups in total. The van der Waals surface area contributed by atoms with Gasteiger partial charge in [0.1, 0.15) is 11.4 Å². The molecule has 0 unspecified atom stereocenters. The van der Waals surface area contributed by atoms with Crippen LogP contribution in [0.3, 0.4) is 0 Å². The van der Waals surface area contributed by atoms with Gasteiger partial charge < -0.3 is 19.4 Å². The number of aryl methyl sites for hydroxylation is 2. The lowest BCUT2D eigenvalue weighted by Gasteiger charge is -2.26. The number of hydrogen-bond donors (Lipinski definition) is 1. The van der Waals surface area contributed by atoms with Crippen molar-refractivity contribution in [2.24, 2.45) is 0 Å². The van der Waals surface area contributed by atoms with Crippen LogP contribution in [-0.4, -0.2) is 34.9 Å². The Morgan fingerprint density at radius 3 is 2.93 bits per heavy atom. The number of pyridine rings is 1. The smallest absolute Gasteiger partial charge is 0.264 e. The first-order valence-electron chi connectivity index (χ1n) is 8.70. The van der Waals surface area contributed by atoms with Crippen molar-refractivity contribution >= 4 is 28.8 Å². The third kappa shape index (κ3) is 3.01. The molecule has 7 heteroatoms. The Morgan fingerprint density at radius 2 is 2.11 bits per heavy atom. The normalized spacial score (nSPS) is 13.4.